The molecule has 17 heavy (non-hydrogen) atoms. The summed E-state index contributed by atoms with van der Waals surface area (Å²) in [5.41, 5.74) is 1.03. The van der Waals surface area contributed by atoms with Crippen LogP contribution < -0.4 is 5.32 Å². The molecule has 0 saturated carbocycles. The van der Waals surface area contributed by atoms with Crippen LogP contribution in [0.4, 0.5) is 0 Å². The fraction of sp³-hybridized carbons (Fsp3) is 0.800. The summed E-state index contributed by atoms with van der Waals surface area (Å²) in [6, 6.07) is 0.551. The van der Waals surface area contributed by atoms with E-state index in [-0.39, 0.29) is 12.4 Å². The molecule has 1 unspecified atom stereocenters. The molecule has 1 saturated heterocycles. The Morgan fingerprint density at radius 2 is 2.29 bits per heavy atom. The third-order valence-electron chi connectivity index (χ3n) is 2.82. The molecule has 1 aromatic rings. The number of nitrogens with one attached hydrogen (secondary N) is 1. The number of halogens is 1. The second-order valence-corrected chi connectivity index (χ2v) is 4.63. The summed E-state index contributed by atoms with van der Waals surface area (Å²) in [4.78, 5) is 2.45. The summed E-state index contributed by atoms with van der Waals surface area (Å²) < 4.78 is 9.17. The fourth-order valence-corrected chi connectivity index (χ4v) is 2.27. The van der Waals surface area contributed by atoms with Gasteiger partial charge in [-0.1, -0.05) is 4.49 Å². The van der Waals surface area contributed by atoms with E-state index in [9.17, 15) is 0 Å². The first-order valence-electron chi connectivity index (χ1n) is 5.64. The lowest BCUT2D eigenvalue weighted by molar-refractivity contribution is 0.0203. The molecular formula is C10H19ClN4OS. The van der Waals surface area contributed by atoms with Crippen molar-refractivity contribution in [1.82, 2.24) is 19.8 Å². The van der Waals surface area contributed by atoms with Crippen LogP contribution in [0.2, 0.25) is 0 Å². The zero-order chi connectivity index (χ0) is 11.2. The van der Waals surface area contributed by atoms with Gasteiger partial charge in [-0.05, 0) is 18.5 Å². The smallest absolute Gasteiger partial charge is 0.0893 e. The third-order valence-corrected chi connectivity index (χ3v) is 3.37. The number of morpholine rings is 1. The van der Waals surface area contributed by atoms with Gasteiger partial charge in [0.1, 0.15) is 0 Å². The van der Waals surface area contributed by atoms with Gasteiger partial charge in [0.25, 0.3) is 0 Å². The molecule has 0 bridgehead atoms. The van der Waals surface area contributed by atoms with Crippen LogP contribution in [0.3, 0.4) is 0 Å². The molecule has 1 aliphatic heterocycles. The molecule has 1 fully saturated rings. The summed E-state index contributed by atoms with van der Waals surface area (Å²) >= 11 is 1.40. The number of aromatic nitrogens is 2. The van der Waals surface area contributed by atoms with Crippen LogP contribution in [0, 0.1) is 0 Å². The summed E-state index contributed by atoms with van der Waals surface area (Å²) in [6.07, 6.45) is 0. The van der Waals surface area contributed by atoms with Gasteiger partial charge in [-0.15, -0.1) is 17.5 Å². The Morgan fingerprint density at radius 1 is 1.53 bits per heavy atom. The second-order valence-electron chi connectivity index (χ2n) is 4.02. The quantitative estimate of drug-likeness (QED) is 0.862. The van der Waals surface area contributed by atoms with E-state index in [0.29, 0.717) is 6.04 Å². The number of nitrogens with zero attached hydrogens (tertiary/aromatic N) is 3. The molecule has 98 valence electrons. The van der Waals surface area contributed by atoms with Gasteiger partial charge in [-0.25, -0.2) is 0 Å². The maximum atomic E-state index is 5.33. The van der Waals surface area contributed by atoms with Crippen molar-refractivity contribution in [1.29, 1.82) is 0 Å². The highest BCUT2D eigenvalue weighted by molar-refractivity contribution is 7.03. The van der Waals surface area contributed by atoms with Crippen molar-refractivity contribution >= 4 is 23.9 Å². The maximum absolute atomic E-state index is 5.33. The van der Waals surface area contributed by atoms with Crippen LogP contribution >= 0.6 is 23.9 Å². The zero-order valence-corrected chi connectivity index (χ0v) is 11.6. The molecule has 7 heteroatoms. The number of hydrogen-bond acceptors (Lipinski definition) is 6. The molecule has 0 aliphatic carbocycles. The molecule has 2 rings (SSSR count). The van der Waals surface area contributed by atoms with E-state index in [2.05, 4.69) is 26.7 Å². The van der Waals surface area contributed by atoms with Gasteiger partial charge in [-0.3, -0.25) is 4.90 Å². The molecule has 1 N–H and O–H groups in total. The van der Waals surface area contributed by atoms with E-state index in [1.165, 1.54) is 11.5 Å². The van der Waals surface area contributed by atoms with E-state index < -0.39 is 0 Å². The van der Waals surface area contributed by atoms with Crippen LogP contribution in [0.15, 0.2) is 5.38 Å². The number of hydrogen-bond donors (Lipinski definition) is 1. The molecule has 1 atom stereocenters. The summed E-state index contributed by atoms with van der Waals surface area (Å²) in [5, 5.41) is 9.38. The van der Waals surface area contributed by atoms with Crippen molar-refractivity contribution in [2.45, 2.75) is 19.5 Å². The predicted molar refractivity (Wildman–Crippen MR) is 70.7 cm³/mol. The second kappa shape index (κ2) is 7.94. The molecule has 0 radical (unpaired) electrons. The lowest BCUT2D eigenvalue weighted by atomic mass is 10.2. The Kier molecular flexibility index (Phi) is 6.91. The SMILES string of the molecule is CC(CNCc1csnn1)N1CCOCC1.Cl. The van der Waals surface area contributed by atoms with Gasteiger partial charge in [0.15, 0.2) is 0 Å². The fourth-order valence-electron chi connectivity index (χ4n) is 1.82. The molecule has 2 heterocycles. The van der Waals surface area contributed by atoms with Gasteiger partial charge < -0.3 is 10.1 Å². The minimum Gasteiger partial charge on any atom is -0.379 e. The van der Waals surface area contributed by atoms with Gasteiger partial charge in [0.05, 0.1) is 18.9 Å². The monoisotopic (exact) mass is 278 g/mol. The van der Waals surface area contributed by atoms with Crippen LogP contribution in [-0.2, 0) is 11.3 Å². The Labute approximate surface area is 112 Å². The maximum Gasteiger partial charge on any atom is 0.0893 e. The Balaban J connectivity index is 0.00000144. The highest BCUT2D eigenvalue weighted by Crippen LogP contribution is 2.03. The van der Waals surface area contributed by atoms with Crippen LogP contribution in [-0.4, -0.2) is 53.4 Å². The molecule has 0 spiro atoms. The highest BCUT2D eigenvalue weighted by Gasteiger charge is 2.16. The first-order chi connectivity index (χ1) is 7.86. The van der Waals surface area contributed by atoms with E-state index >= 15 is 0 Å². The van der Waals surface area contributed by atoms with E-state index in [4.69, 9.17) is 4.74 Å². The average Bonchev–Trinajstić information content (AvgIpc) is 2.83. The van der Waals surface area contributed by atoms with Crippen LogP contribution in [0.5, 0.6) is 0 Å². The lowest BCUT2D eigenvalue weighted by Crippen LogP contribution is -2.46. The minimum atomic E-state index is 0. The Hall–Kier alpha value is -0.270. The van der Waals surface area contributed by atoms with Gasteiger partial charge >= 0.3 is 0 Å². The molecule has 5 nitrogen and oxygen atoms in total. The predicted octanol–water partition coefficient (Wildman–Crippen LogP) is 0.770. The van der Waals surface area contributed by atoms with Crippen molar-refractivity contribution in [3.63, 3.8) is 0 Å². The lowest BCUT2D eigenvalue weighted by Gasteiger charge is -2.32. The standard InChI is InChI=1S/C10H18N4OS.ClH/c1-9(14-2-4-15-5-3-14)6-11-7-10-8-16-13-12-10;/h8-9,11H,2-7H2,1H3;1H. The van der Waals surface area contributed by atoms with Crippen molar-refractivity contribution < 1.29 is 4.74 Å². The van der Waals surface area contributed by atoms with Crippen LogP contribution in [0.1, 0.15) is 12.6 Å². The first kappa shape index (κ1) is 14.8. The summed E-state index contributed by atoms with van der Waals surface area (Å²) in [5.74, 6) is 0. The third kappa shape index (κ3) is 4.85. The van der Waals surface area contributed by atoms with E-state index in [0.717, 1.165) is 45.1 Å². The van der Waals surface area contributed by atoms with E-state index in [1.807, 2.05) is 5.38 Å². The summed E-state index contributed by atoms with van der Waals surface area (Å²) in [7, 11) is 0. The molecule has 0 aromatic carbocycles. The Morgan fingerprint density at radius 3 is 2.94 bits per heavy atom. The van der Waals surface area contributed by atoms with Gasteiger partial charge in [0, 0.05) is 37.6 Å². The Bertz CT molecular complexity index is 293. The van der Waals surface area contributed by atoms with Crippen molar-refractivity contribution in [3.8, 4) is 0 Å². The topological polar surface area (TPSA) is 50.3 Å². The summed E-state index contributed by atoms with van der Waals surface area (Å²) in [6.45, 7) is 7.85. The zero-order valence-electron chi connectivity index (χ0n) is 9.96. The van der Waals surface area contributed by atoms with Crippen LogP contribution in [0.25, 0.3) is 0 Å². The molecule has 0 amide bonds. The molecule has 1 aromatic heterocycles. The normalized spacial score (nSPS) is 18.6. The van der Waals surface area contributed by atoms with Crippen molar-refractivity contribution in [2.75, 3.05) is 32.8 Å². The number of ether oxygens (including phenoxy) is 1. The van der Waals surface area contributed by atoms with Gasteiger partial charge in [-0.2, -0.15) is 0 Å². The first-order valence-corrected chi connectivity index (χ1v) is 6.48. The average molecular weight is 279 g/mol. The van der Waals surface area contributed by atoms with Gasteiger partial charge in [0.2, 0.25) is 0 Å². The number of rotatable bonds is 5. The minimum absolute atomic E-state index is 0. The van der Waals surface area contributed by atoms with E-state index in [1.54, 1.807) is 0 Å². The van der Waals surface area contributed by atoms with Crippen molar-refractivity contribution in [3.05, 3.63) is 11.1 Å². The largest absolute Gasteiger partial charge is 0.379 e. The van der Waals surface area contributed by atoms with Crippen molar-refractivity contribution in [2.24, 2.45) is 0 Å². The molecule has 1 aliphatic rings. The highest BCUT2D eigenvalue weighted by atomic mass is 35.5. The molecular weight excluding hydrogens is 260 g/mol.